The Hall–Kier alpha value is -2.37. The van der Waals surface area contributed by atoms with Crippen molar-refractivity contribution in [2.24, 2.45) is 5.73 Å². The molecule has 0 aliphatic carbocycles. The van der Waals surface area contributed by atoms with Crippen LogP contribution in [0.15, 0.2) is 54.6 Å². The number of amides is 1. The molecule has 0 spiro atoms. The van der Waals surface area contributed by atoms with Crippen LogP contribution < -0.4 is 10.5 Å². The molecule has 2 atom stereocenters. The number of hydrogen-bond acceptors (Lipinski definition) is 4. The predicted octanol–water partition coefficient (Wildman–Crippen LogP) is 2.31. The zero-order chi connectivity index (χ0) is 17.0. The van der Waals surface area contributed by atoms with Crippen LogP contribution in [0.4, 0.5) is 0 Å². The molecule has 2 unspecified atom stereocenters. The lowest BCUT2D eigenvalue weighted by molar-refractivity contribution is -0.133. The van der Waals surface area contributed by atoms with Crippen LogP contribution in [-0.4, -0.2) is 23.9 Å². The van der Waals surface area contributed by atoms with Crippen molar-refractivity contribution in [2.75, 3.05) is 6.61 Å². The molecule has 5 nitrogen and oxygen atoms in total. The van der Waals surface area contributed by atoms with Crippen LogP contribution >= 0.6 is 0 Å². The third-order valence-electron chi connectivity index (χ3n) is 4.23. The average molecular weight is 327 g/mol. The summed E-state index contributed by atoms with van der Waals surface area (Å²) in [6, 6.07) is 15.4. The van der Waals surface area contributed by atoms with E-state index in [1.807, 2.05) is 6.07 Å². The first-order valence-corrected chi connectivity index (χ1v) is 8.07. The fraction of sp³-hybridized carbons (Fsp3) is 0.316. The summed E-state index contributed by atoms with van der Waals surface area (Å²) in [5, 5.41) is 10.9. The van der Waals surface area contributed by atoms with Gasteiger partial charge in [-0.25, -0.2) is 0 Å². The number of ether oxygens (including phenoxy) is 2. The molecule has 1 aliphatic rings. The highest BCUT2D eigenvalue weighted by Crippen LogP contribution is 2.31. The molecule has 0 saturated carbocycles. The van der Waals surface area contributed by atoms with Crippen molar-refractivity contribution in [2.45, 2.75) is 31.2 Å². The van der Waals surface area contributed by atoms with E-state index in [0.29, 0.717) is 23.5 Å². The van der Waals surface area contributed by atoms with E-state index in [9.17, 15) is 9.90 Å². The topological polar surface area (TPSA) is 81.8 Å². The van der Waals surface area contributed by atoms with Crippen LogP contribution in [0, 0.1) is 0 Å². The van der Waals surface area contributed by atoms with Gasteiger partial charge in [0.2, 0.25) is 0 Å². The van der Waals surface area contributed by atoms with Crippen molar-refractivity contribution in [1.82, 2.24) is 0 Å². The van der Waals surface area contributed by atoms with E-state index in [2.05, 4.69) is 0 Å². The summed E-state index contributed by atoms with van der Waals surface area (Å²) in [6.07, 6.45) is 2.75. The van der Waals surface area contributed by atoms with Crippen LogP contribution in [0.3, 0.4) is 0 Å². The first-order chi connectivity index (χ1) is 11.6. The number of carbonyl (C=O) groups is 1. The molecule has 1 amide bonds. The van der Waals surface area contributed by atoms with Crippen LogP contribution in [-0.2, 0) is 15.1 Å². The Labute approximate surface area is 141 Å². The molecule has 0 radical (unpaired) electrons. The van der Waals surface area contributed by atoms with Crippen molar-refractivity contribution in [1.29, 1.82) is 0 Å². The number of primary amides is 1. The molecule has 0 aromatic heterocycles. The van der Waals surface area contributed by atoms with E-state index in [1.54, 1.807) is 48.5 Å². The number of aliphatic hydroxyl groups is 1. The van der Waals surface area contributed by atoms with Gasteiger partial charge in [-0.2, -0.15) is 0 Å². The predicted molar refractivity (Wildman–Crippen MR) is 89.3 cm³/mol. The van der Waals surface area contributed by atoms with Crippen LogP contribution in [0.1, 0.15) is 30.4 Å². The van der Waals surface area contributed by atoms with Gasteiger partial charge in [0.05, 0.1) is 6.61 Å². The highest BCUT2D eigenvalue weighted by Gasteiger charge is 2.38. The average Bonchev–Trinajstić information content (AvgIpc) is 2.63. The molecule has 1 aliphatic heterocycles. The van der Waals surface area contributed by atoms with Gasteiger partial charge in [0.15, 0.2) is 11.9 Å². The Balaban J connectivity index is 1.83. The third-order valence-corrected chi connectivity index (χ3v) is 4.23. The fourth-order valence-corrected chi connectivity index (χ4v) is 2.86. The van der Waals surface area contributed by atoms with Gasteiger partial charge in [-0.15, -0.1) is 0 Å². The van der Waals surface area contributed by atoms with Gasteiger partial charge >= 0.3 is 0 Å². The quantitative estimate of drug-likeness (QED) is 0.883. The Kier molecular flexibility index (Phi) is 4.83. The summed E-state index contributed by atoms with van der Waals surface area (Å²) >= 11 is 0. The number of hydrogen-bond donors (Lipinski definition) is 2. The fourth-order valence-electron chi connectivity index (χ4n) is 2.86. The van der Waals surface area contributed by atoms with E-state index in [1.165, 1.54) is 0 Å². The Morgan fingerprint density at radius 2 is 1.75 bits per heavy atom. The molecule has 2 aromatic carbocycles. The van der Waals surface area contributed by atoms with E-state index >= 15 is 0 Å². The van der Waals surface area contributed by atoms with E-state index in [4.69, 9.17) is 15.2 Å². The van der Waals surface area contributed by atoms with Gasteiger partial charge in [-0.1, -0.05) is 42.5 Å². The standard InChI is InChI=1S/C19H21NO4/c20-18(21)19(22,14-6-2-1-3-7-14)15-9-11-16(12-10-15)24-17-8-4-5-13-23-17/h1-3,6-7,9-12,17,22H,4-5,8,13H2,(H2,20,21). The molecular formula is C19H21NO4. The molecule has 3 rings (SSSR count). The molecule has 2 aromatic rings. The van der Waals surface area contributed by atoms with Gasteiger partial charge in [0.1, 0.15) is 5.75 Å². The van der Waals surface area contributed by atoms with Crippen LogP contribution in [0.5, 0.6) is 5.75 Å². The third kappa shape index (κ3) is 3.27. The molecule has 24 heavy (non-hydrogen) atoms. The number of carbonyl (C=O) groups excluding carboxylic acids is 1. The van der Waals surface area contributed by atoms with Crippen molar-refractivity contribution in [3.8, 4) is 5.75 Å². The summed E-state index contributed by atoms with van der Waals surface area (Å²) in [7, 11) is 0. The van der Waals surface area contributed by atoms with Crippen molar-refractivity contribution >= 4 is 5.91 Å². The largest absolute Gasteiger partial charge is 0.465 e. The normalized spacial score (nSPS) is 20.1. The highest BCUT2D eigenvalue weighted by molar-refractivity contribution is 5.88. The number of rotatable bonds is 5. The molecule has 0 bridgehead atoms. The minimum atomic E-state index is -1.87. The van der Waals surface area contributed by atoms with Crippen molar-refractivity contribution in [3.63, 3.8) is 0 Å². The molecular weight excluding hydrogens is 306 g/mol. The molecule has 3 N–H and O–H groups in total. The van der Waals surface area contributed by atoms with Crippen LogP contribution in [0.2, 0.25) is 0 Å². The van der Waals surface area contributed by atoms with Gasteiger partial charge < -0.3 is 20.3 Å². The van der Waals surface area contributed by atoms with E-state index in [0.717, 1.165) is 19.3 Å². The summed E-state index contributed by atoms with van der Waals surface area (Å²) in [5.41, 5.74) is 4.44. The lowest BCUT2D eigenvalue weighted by Crippen LogP contribution is -2.42. The minimum absolute atomic E-state index is 0.242. The zero-order valence-corrected chi connectivity index (χ0v) is 13.4. The maximum Gasteiger partial charge on any atom is 0.258 e. The van der Waals surface area contributed by atoms with Gasteiger partial charge in [-0.05, 0) is 36.1 Å². The first-order valence-electron chi connectivity index (χ1n) is 8.07. The number of nitrogens with two attached hydrogens (primary N) is 1. The molecule has 1 fully saturated rings. The summed E-state index contributed by atoms with van der Waals surface area (Å²) in [4.78, 5) is 11.9. The maximum atomic E-state index is 11.9. The van der Waals surface area contributed by atoms with E-state index in [-0.39, 0.29) is 6.29 Å². The monoisotopic (exact) mass is 327 g/mol. The smallest absolute Gasteiger partial charge is 0.258 e. The summed E-state index contributed by atoms with van der Waals surface area (Å²) in [5.74, 6) is -0.191. The van der Waals surface area contributed by atoms with Crippen molar-refractivity contribution in [3.05, 3.63) is 65.7 Å². The Morgan fingerprint density at radius 1 is 1.08 bits per heavy atom. The second-order valence-corrected chi connectivity index (χ2v) is 5.88. The van der Waals surface area contributed by atoms with Crippen molar-refractivity contribution < 1.29 is 19.4 Å². The Bertz CT molecular complexity index is 680. The SMILES string of the molecule is NC(=O)C(O)(c1ccccc1)c1ccc(OC2CCCCO2)cc1. The molecule has 126 valence electrons. The second kappa shape index (κ2) is 7.03. The van der Waals surface area contributed by atoms with Gasteiger partial charge in [0.25, 0.3) is 5.91 Å². The highest BCUT2D eigenvalue weighted by atomic mass is 16.7. The zero-order valence-electron chi connectivity index (χ0n) is 13.4. The maximum absolute atomic E-state index is 11.9. The second-order valence-electron chi connectivity index (χ2n) is 5.88. The molecule has 5 heteroatoms. The van der Waals surface area contributed by atoms with Crippen LogP contribution in [0.25, 0.3) is 0 Å². The Morgan fingerprint density at radius 3 is 2.33 bits per heavy atom. The molecule has 1 heterocycles. The number of benzene rings is 2. The van der Waals surface area contributed by atoms with Gasteiger partial charge in [-0.3, -0.25) is 4.79 Å². The molecule has 1 saturated heterocycles. The van der Waals surface area contributed by atoms with Gasteiger partial charge in [0, 0.05) is 6.42 Å². The van der Waals surface area contributed by atoms with E-state index < -0.39 is 11.5 Å². The lowest BCUT2D eigenvalue weighted by atomic mass is 9.86. The summed E-state index contributed by atoms with van der Waals surface area (Å²) in [6.45, 7) is 0.707. The summed E-state index contributed by atoms with van der Waals surface area (Å²) < 4.78 is 11.3. The first kappa shape index (κ1) is 16.5. The lowest BCUT2D eigenvalue weighted by Gasteiger charge is -2.26. The minimum Gasteiger partial charge on any atom is -0.465 e.